The summed E-state index contributed by atoms with van der Waals surface area (Å²) in [6.07, 6.45) is 0. The summed E-state index contributed by atoms with van der Waals surface area (Å²) < 4.78 is 6.09. The molecule has 0 aliphatic carbocycles. The highest BCUT2D eigenvalue weighted by Gasteiger charge is 1.98. The van der Waals surface area contributed by atoms with Crippen molar-refractivity contribution in [1.82, 2.24) is 0 Å². The van der Waals surface area contributed by atoms with E-state index in [1.54, 1.807) is 12.1 Å². The Hall–Kier alpha value is -0.960. The third-order valence-corrected chi connectivity index (χ3v) is 1.66. The van der Waals surface area contributed by atoms with Crippen LogP contribution in [0.2, 0.25) is 0 Å². The molecule has 70 valence electrons. The Bertz CT molecular complexity index is 300. The molecule has 13 heavy (non-hydrogen) atoms. The van der Waals surface area contributed by atoms with Gasteiger partial charge in [-0.25, -0.2) is 0 Å². The molecule has 1 N–H and O–H groups in total. The Morgan fingerprint density at radius 2 is 2.23 bits per heavy atom. The first-order valence-electron chi connectivity index (χ1n) is 3.84. The molecule has 1 aromatic carbocycles. The Morgan fingerprint density at radius 3 is 2.77 bits per heavy atom. The average molecular weight is 243 g/mol. The number of aryl methyl sites for hydroxylation is 1. The Balaban J connectivity index is 2.71. The summed E-state index contributed by atoms with van der Waals surface area (Å²) in [7, 11) is 0. The van der Waals surface area contributed by atoms with E-state index in [0.717, 1.165) is 10.0 Å². The third kappa shape index (κ3) is 3.51. The largest absolute Gasteiger partial charge is 0.508 e. The minimum atomic E-state index is 0.218. The van der Waals surface area contributed by atoms with Crippen LogP contribution in [0.5, 0.6) is 11.5 Å². The molecule has 0 atom stereocenters. The van der Waals surface area contributed by atoms with Gasteiger partial charge in [0, 0.05) is 10.5 Å². The number of aromatic hydroxyl groups is 1. The molecule has 0 radical (unpaired) electrons. The van der Waals surface area contributed by atoms with Crippen LogP contribution in [0, 0.1) is 6.92 Å². The van der Waals surface area contributed by atoms with E-state index in [1.165, 1.54) is 0 Å². The smallest absolute Gasteiger partial charge is 0.123 e. The van der Waals surface area contributed by atoms with E-state index in [-0.39, 0.29) is 5.75 Å². The zero-order valence-electron chi connectivity index (χ0n) is 7.38. The highest BCUT2D eigenvalue weighted by molar-refractivity contribution is 9.11. The monoisotopic (exact) mass is 242 g/mol. The molecule has 0 aliphatic rings. The molecule has 0 bridgehead atoms. The van der Waals surface area contributed by atoms with Crippen molar-refractivity contribution in [3.63, 3.8) is 0 Å². The maximum Gasteiger partial charge on any atom is 0.123 e. The van der Waals surface area contributed by atoms with Gasteiger partial charge in [-0.3, -0.25) is 0 Å². The van der Waals surface area contributed by atoms with Crippen LogP contribution in [-0.4, -0.2) is 11.7 Å². The number of hydrogen-bond donors (Lipinski definition) is 1. The van der Waals surface area contributed by atoms with Crippen LogP contribution in [0.15, 0.2) is 29.3 Å². The second-order valence-corrected chi connectivity index (χ2v) is 3.93. The lowest BCUT2D eigenvalue weighted by atomic mass is 10.2. The van der Waals surface area contributed by atoms with Crippen LogP contribution in [0.25, 0.3) is 0 Å². The van der Waals surface area contributed by atoms with Crippen LogP contribution < -0.4 is 4.74 Å². The van der Waals surface area contributed by atoms with Crippen LogP contribution >= 0.6 is 15.9 Å². The lowest BCUT2D eigenvalue weighted by Gasteiger charge is -2.06. The van der Waals surface area contributed by atoms with Crippen LogP contribution in [0.4, 0.5) is 0 Å². The fourth-order valence-corrected chi connectivity index (χ4v) is 1.09. The molecule has 0 unspecified atom stereocenters. The van der Waals surface area contributed by atoms with Crippen molar-refractivity contribution in [2.24, 2.45) is 0 Å². The molecule has 0 fully saturated rings. The van der Waals surface area contributed by atoms with Crippen LogP contribution in [0.3, 0.4) is 0 Å². The van der Waals surface area contributed by atoms with Crippen molar-refractivity contribution in [2.45, 2.75) is 6.92 Å². The molecular formula is C10H11BrO2. The normalized spacial score (nSPS) is 9.69. The summed E-state index contributed by atoms with van der Waals surface area (Å²) in [5.74, 6) is 0.869. The van der Waals surface area contributed by atoms with Gasteiger partial charge in [0.25, 0.3) is 0 Å². The first-order chi connectivity index (χ1) is 6.08. The van der Waals surface area contributed by atoms with Crippen molar-refractivity contribution >= 4 is 15.9 Å². The topological polar surface area (TPSA) is 29.5 Å². The first-order valence-corrected chi connectivity index (χ1v) is 4.64. The molecule has 0 aromatic heterocycles. The molecule has 0 saturated carbocycles. The summed E-state index contributed by atoms with van der Waals surface area (Å²) in [5, 5.41) is 9.24. The molecule has 0 heterocycles. The van der Waals surface area contributed by atoms with E-state index in [1.807, 2.05) is 13.0 Å². The molecule has 0 amide bonds. The summed E-state index contributed by atoms with van der Waals surface area (Å²) in [5.41, 5.74) is 0.968. The Labute approximate surface area is 86.0 Å². The number of halogens is 1. The average Bonchev–Trinajstić information content (AvgIpc) is 1.99. The van der Waals surface area contributed by atoms with Gasteiger partial charge in [-0.05, 0) is 24.6 Å². The van der Waals surface area contributed by atoms with Gasteiger partial charge in [0.1, 0.15) is 18.1 Å². The SMILES string of the molecule is C=C(Br)COc1cc(C)cc(O)c1. The summed E-state index contributed by atoms with van der Waals surface area (Å²) >= 11 is 3.19. The first kappa shape index (κ1) is 10.1. The van der Waals surface area contributed by atoms with Gasteiger partial charge in [0.05, 0.1) is 0 Å². The van der Waals surface area contributed by atoms with Crippen LogP contribution in [0.1, 0.15) is 5.56 Å². The van der Waals surface area contributed by atoms with E-state index in [0.29, 0.717) is 12.4 Å². The minimum Gasteiger partial charge on any atom is -0.508 e. The third-order valence-electron chi connectivity index (χ3n) is 1.43. The summed E-state index contributed by atoms with van der Waals surface area (Å²) in [4.78, 5) is 0. The van der Waals surface area contributed by atoms with Gasteiger partial charge < -0.3 is 9.84 Å². The molecule has 1 rings (SSSR count). The molecule has 2 nitrogen and oxygen atoms in total. The van der Waals surface area contributed by atoms with Gasteiger partial charge in [-0.15, -0.1) is 0 Å². The minimum absolute atomic E-state index is 0.218. The standard InChI is InChI=1S/C10H11BrO2/c1-7-3-9(12)5-10(4-7)13-6-8(2)11/h3-5,12H,2,6H2,1H3. The van der Waals surface area contributed by atoms with E-state index >= 15 is 0 Å². The van der Waals surface area contributed by atoms with Gasteiger partial charge in [-0.2, -0.15) is 0 Å². The second-order valence-electron chi connectivity index (χ2n) is 2.81. The molecular weight excluding hydrogens is 232 g/mol. The number of phenols is 1. The Kier molecular flexibility index (Phi) is 3.37. The fraction of sp³-hybridized carbons (Fsp3) is 0.200. The second kappa shape index (κ2) is 4.33. The number of hydrogen-bond acceptors (Lipinski definition) is 2. The van der Waals surface area contributed by atoms with E-state index in [4.69, 9.17) is 4.74 Å². The molecule has 0 saturated heterocycles. The van der Waals surface area contributed by atoms with Crippen molar-refractivity contribution in [2.75, 3.05) is 6.61 Å². The van der Waals surface area contributed by atoms with Crippen molar-refractivity contribution in [3.05, 3.63) is 34.8 Å². The summed E-state index contributed by atoms with van der Waals surface area (Å²) in [6, 6.07) is 5.11. The highest BCUT2D eigenvalue weighted by atomic mass is 79.9. The maximum atomic E-state index is 9.24. The van der Waals surface area contributed by atoms with Gasteiger partial charge in [0.2, 0.25) is 0 Å². The molecule has 0 aliphatic heterocycles. The number of phenolic OH excluding ortho intramolecular Hbond substituents is 1. The lowest BCUT2D eigenvalue weighted by Crippen LogP contribution is -1.95. The zero-order valence-corrected chi connectivity index (χ0v) is 8.97. The molecule has 0 spiro atoms. The lowest BCUT2D eigenvalue weighted by molar-refractivity contribution is 0.357. The van der Waals surface area contributed by atoms with Crippen molar-refractivity contribution in [1.29, 1.82) is 0 Å². The predicted molar refractivity (Wildman–Crippen MR) is 56.4 cm³/mol. The fourth-order valence-electron chi connectivity index (χ4n) is 0.973. The summed E-state index contributed by atoms with van der Waals surface area (Å²) in [6.45, 7) is 5.95. The van der Waals surface area contributed by atoms with Gasteiger partial charge >= 0.3 is 0 Å². The maximum absolute atomic E-state index is 9.24. The number of benzene rings is 1. The number of ether oxygens (including phenoxy) is 1. The van der Waals surface area contributed by atoms with E-state index < -0.39 is 0 Å². The quantitative estimate of drug-likeness (QED) is 0.884. The van der Waals surface area contributed by atoms with Gasteiger partial charge in [0.15, 0.2) is 0 Å². The zero-order chi connectivity index (χ0) is 9.84. The van der Waals surface area contributed by atoms with E-state index in [9.17, 15) is 5.11 Å². The predicted octanol–water partition coefficient (Wildman–Crippen LogP) is 2.99. The van der Waals surface area contributed by atoms with E-state index in [2.05, 4.69) is 22.5 Å². The highest BCUT2D eigenvalue weighted by Crippen LogP contribution is 2.21. The molecule has 1 aromatic rings. The molecule has 3 heteroatoms. The van der Waals surface area contributed by atoms with Crippen LogP contribution in [-0.2, 0) is 0 Å². The number of rotatable bonds is 3. The van der Waals surface area contributed by atoms with Gasteiger partial charge in [-0.1, -0.05) is 22.5 Å². The van der Waals surface area contributed by atoms with Crippen molar-refractivity contribution in [3.8, 4) is 11.5 Å². The Morgan fingerprint density at radius 1 is 1.54 bits per heavy atom. The van der Waals surface area contributed by atoms with Crippen molar-refractivity contribution < 1.29 is 9.84 Å².